The summed E-state index contributed by atoms with van der Waals surface area (Å²) in [5, 5.41) is 15.9. The molecule has 2 unspecified atom stereocenters. The van der Waals surface area contributed by atoms with Gasteiger partial charge in [0.25, 0.3) is 11.5 Å². The summed E-state index contributed by atoms with van der Waals surface area (Å²) in [6.07, 6.45) is 4.89. The molecule has 0 aliphatic carbocycles. The van der Waals surface area contributed by atoms with Crippen molar-refractivity contribution >= 4 is 29.4 Å². The number of amides is 5. The Labute approximate surface area is 350 Å². The van der Waals surface area contributed by atoms with Gasteiger partial charge in [-0.3, -0.25) is 39.2 Å². The van der Waals surface area contributed by atoms with Gasteiger partial charge >= 0.3 is 6.03 Å². The number of aliphatic hydroxyl groups is 1. The fourth-order valence-electron chi connectivity index (χ4n) is 9.66. The molecule has 2 aromatic carbocycles. The molecule has 3 N–H and O–H groups in total. The van der Waals surface area contributed by atoms with E-state index in [1.54, 1.807) is 43.8 Å². The van der Waals surface area contributed by atoms with E-state index in [1.807, 2.05) is 30.5 Å². The van der Waals surface area contributed by atoms with Crippen LogP contribution in [0.2, 0.25) is 0 Å². The number of likely N-dealkylation sites (tertiary alicyclic amines) is 1. The highest BCUT2D eigenvalue weighted by Crippen LogP contribution is 2.40. The van der Waals surface area contributed by atoms with Crippen molar-refractivity contribution in [3.8, 4) is 22.6 Å². The highest BCUT2D eigenvalue weighted by atomic mass is 16.5. The lowest BCUT2D eigenvalue weighted by Gasteiger charge is -2.46. The molecule has 0 spiro atoms. The Hall–Kier alpha value is -5.45. The topological polar surface area (TPSA) is 169 Å². The number of piperidine rings is 2. The van der Waals surface area contributed by atoms with Gasteiger partial charge in [-0.1, -0.05) is 6.07 Å². The molecule has 0 bridgehead atoms. The number of fused-ring (bicyclic) bond motifs is 2. The maximum atomic E-state index is 13.4. The van der Waals surface area contributed by atoms with E-state index in [0.717, 1.165) is 91.4 Å². The number of rotatable bonds is 11. The van der Waals surface area contributed by atoms with E-state index in [1.165, 1.54) is 4.90 Å². The quantitative estimate of drug-likeness (QED) is 0.243. The number of carbonyl (C=O) groups is 4. The third-order valence-corrected chi connectivity index (χ3v) is 13.4. The Kier molecular flexibility index (Phi) is 11.6. The van der Waals surface area contributed by atoms with Gasteiger partial charge in [0, 0.05) is 86.9 Å². The molecule has 3 aromatic rings. The van der Waals surface area contributed by atoms with E-state index in [4.69, 9.17) is 9.47 Å². The number of anilines is 1. The van der Waals surface area contributed by atoms with Crippen molar-refractivity contribution in [2.75, 3.05) is 72.5 Å². The van der Waals surface area contributed by atoms with E-state index in [0.29, 0.717) is 48.2 Å². The zero-order chi connectivity index (χ0) is 42.4. The number of hydrogen-bond donors (Lipinski definition) is 3. The molecule has 2 atom stereocenters. The highest BCUT2D eigenvalue weighted by Gasteiger charge is 2.45. The molecule has 5 aliphatic rings. The fourth-order valence-corrected chi connectivity index (χ4v) is 9.66. The zero-order valence-corrected chi connectivity index (χ0v) is 35.2. The molecule has 16 nitrogen and oxygen atoms in total. The van der Waals surface area contributed by atoms with Crippen LogP contribution >= 0.6 is 0 Å². The molecule has 8 rings (SSSR count). The smallest absolute Gasteiger partial charge is 0.317 e. The van der Waals surface area contributed by atoms with Gasteiger partial charge in [0.05, 0.1) is 26.3 Å². The molecule has 3 fully saturated rings. The van der Waals surface area contributed by atoms with Crippen molar-refractivity contribution in [3.05, 3.63) is 74.7 Å². The molecule has 16 heteroatoms. The summed E-state index contributed by atoms with van der Waals surface area (Å²) < 4.78 is 13.5. The SMILES string of the molecule is CNC(=O)N1CCc2c(-c3cc(OC)c(CN4CCC(CCN(C)C5CN(c6ccc7c(c6)C(=O)N(C6CCC(=O)NC6=O)C7O)C5)CC4)c(OC)c3)cn(C)c(=O)c2C1. The molecule has 320 valence electrons. The van der Waals surface area contributed by atoms with Crippen molar-refractivity contribution in [1.82, 2.24) is 34.8 Å². The van der Waals surface area contributed by atoms with E-state index < -0.39 is 18.2 Å². The maximum Gasteiger partial charge on any atom is 0.317 e. The summed E-state index contributed by atoms with van der Waals surface area (Å²) in [6.45, 7) is 6.11. The van der Waals surface area contributed by atoms with E-state index in [-0.39, 0.29) is 42.8 Å². The molecule has 6 heterocycles. The van der Waals surface area contributed by atoms with Crippen LogP contribution in [-0.4, -0.2) is 133 Å². The van der Waals surface area contributed by atoms with Crippen LogP contribution in [0.15, 0.2) is 41.3 Å². The van der Waals surface area contributed by atoms with Crippen molar-refractivity contribution in [2.24, 2.45) is 13.0 Å². The molecule has 0 radical (unpaired) electrons. The summed E-state index contributed by atoms with van der Waals surface area (Å²) in [7, 11) is 8.89. The second-order valence-corrected chi connectivity index (χ2v) is 16.9. The van der Waals surface area contributed by atoms with Crippen molar-refractivity contribution < 1.29 is 33.8 Å². The van der Waals surface area contributed by atoms with Crippen LogP contribution in [-0.2, 0) is 36.1 Å². The van der Waals surface area contributed by atoms with Gasteiger partial charge in [-0.05, 0) is 100 Å². The second-order valence-electron chi connectivity index (χ2n) is 16.9. The van der Waals surface area contributed by atoms with E-state index in [9.17, 15) is 29.1 Å². The van der Waals surface area contributed by atoms with Gasteiger partial charge in [0.1, 0.15) is 17.5 Å². The number of carbonyl (C=O) groups excluding carboxylic acids is 4. The van der Waals surface area contributed by atoms with Crippen LogP contribution in [0.3, 0.4) is 0 Å². The normalized spacial score (nSPS) is 21.2. The van der Waals surface area contributed by atoms with E-state index >= 15 is 0 Å². The zero-order valence-electron chi connectivity index (χ0n) is 35.2. The first kappa shape index (κ1) is 41.3. The lowest BCUT2D eigenvalue weighted by molar-refractivity contribution is -0.139. The minimum absolute atomic E-state index is 0.0975. The number of nitrogens with zero attached hydrogens (tertiary/aromatic N) is 6. The van der Waals surface area contributed by atoms with Gasteiger partial charge < -0.3 is 34.3 Å². The Bertz CT molecular complexity index is 2220. The van der Waals surface area contributed by atoms with Gasteiger partial charge in [0.15, 0.2) is 6.23 Å². The number of aryl methyl sites for hydroxylation is 1. The highest BCUT2D eigenvalue weighted by molar-refractivity contribution is 6.06. The van der Waals surface area contributed by atoms with Crippen molar-refractivity contribution in [1.29, 1.82) is 0 Å². The average Bonchev–Trinajstić information content (AvgIpc) is 3.48. The number of ether oxygens (including phenoxy) is 2. The number of imide groups is 1. The van der Waals surface area contributed by atoms with Gasteiger partial charge in [0.2, 0.25) is 11.8 Å². The Morgan fingerprint density at radius 2 is 1.67 bits per heavy atom. The number of likely N-dealkylation sites (N-methyl/N-ethyl adjacent to an activating group) is 1. The average molecular weight is 825 g/mol. The minimum Gasteiger partial charge on any atom is -0.496 e. The Morgan fingerprint density at radius 1 is 0.950 bits per heavy atom. The lowest BCUT2D eigenvalue weighted by Crippen LogP contribution is -2.58. The van der Waals surface area contributed by atoms with Gasteiger partial charge in [-0.25, -0.2) is 4.79 Å². The molecular weight excluding hydrogens is 769 g/mol. The van der Waals surface area contributed by atoms with Crippen LogP contribution in [0.25, 0.3) is 11.1 Å². The Morgan fingerprint density at radius 3 is 2.33 bits per heavy atom. The number of nitrogens with one attached hydrogen (secondary N) is 2. The standard InChI is InChI=1S/C44H56N8O8/c1-45-44(58)50-17-13-30-33(23-48(3)41(55)34(30)25-50)27-18-37(59-4)35(38(19-27)60-5)24-49-15-11-26(12-16-49)10-14-47(2)29-21-51(22-29)28-6-7-31-32(20-28)43(57)52(42(31)56)36-8-9-39(53)46-40(36)54/h6-7,18-20,23,26,29,36,42,56H,8-17,21-22,24-25H2,1-5H3,(H,45,58)(H,46,53,54). The molecule has 5 aliphatic heterocycles. The van der Waals surface area contributed by atoms with Gasteiger partial charge in [-0.15, -0.1) is 0 Å². The number of hydrogen-bond acceptors (Lipinski definition) is 11. The third-order valence-electron chi connectivity index (χ3n) is 13.4. The fraction of sp³-hybridized carbons (Fsp3) is 0.523. The number of aliphatic hydroxyl groups excluding tert-OH is 1. The minimum atomic E-state index is -1.22. The monoisotopic (exact) mass is 824 g/mol. The molecule has 3 saturated heterocycles. The molecule has 5 amide bonds. The van der Waals surface area contributed by atoms with Gasteiger partial charge in [-0.2, -0.15) is 0 Å². The summed E-state index contributed by atoms with van der Waals surface area (Å²) in [5.41, 5.74) is 6.14. The van der Waals surface area contributed by atoms with Crippen LogP contribution in [0.4, 0.5) is 10.5 Å². The maximum absolute atomic E-state index is 13.4. The molecular formula is C44H56N8O8. The third kappa shape index (κ3) is 7.71. The number of methoxy groups -OCH3 is 2. The first-order valence-corrected chi connectivity index (χ1v) is 21.0. The largest absolute Gasteiger partial charge is 0.496 e. The van der Waals surface area contributed by atoms with Crippen LogP contribution in [0, 0.1) is 5.92 Å². The van der Waals surface area contributed by atoms with Crippen molar-refractivity contribution in [2.45, 2.75) is 69.9 Å². The van der Waals surface area contributed by atoms with E-state index in [2.05, 4.69) is 32.4 Å². The lowest BCUT2D eigenvalue weighted by atomic mass is 9.91. The summed E-state index contributed by atoms with van der Waals surface area (Å²) >= 11 is 0. The molecule has 1 aromatic heterocycles. The Balaban J connectivity index is 0.836. The number of urea groups is 1. The van der Waals surface area contributed by atoms with Crippen LogP contribution in [0.1, 0.15) is 70.9 Å². The first-order valence-electron chi connectivity index (χ1n) is 21.0. The summed E-state index contributed by atoms with van der Waals surface area (Å²) in [6, 6.07) is 8.93. The summed E-state index contributed by atoms with van der Waals surface area (Å²) in [5.74, 6) is 0.810. The summed E-state index contributed by atoms with van der Waals surface area (Å²) in [4.78, 5) is 73.1. The molecule has 60 heavy (non-hydrogen) atoms. The van der Waals surface area contributed by atoms with Crippen molar-refractivity contribution in [3.63, 3.8) is 0 Å². The second kappa shape index (κ2) is 16.9. The van der Waals surface area contributed by atoms with Crippen LogP contribution < -0.4 is 30.6 Å². The predicted octanol–water partition coefficient (Wildman–Crippen LogP) is 2.44. The predicted molar refractivity (Wildman–Crippen MR) is 224 cm³/mol. The first-order chi connectivity index (χ1) is 28.9. The number of benzene rings is 2. The van der Waals surface area contributed by atoms with Crippen LogP contribution in [0.5, 0.6) is 11.5 Å². The number of aromatic nitrogens is 1. The molecule has 0 saturated carbocycles. The number of pyridine rings is 1.